The Balaban J connectivity index is 1.55. The van der Waals surface area contributed by atoms with Crippen LogP contribution in [0.5, 0.6) is 11.5 Å². The minimum atomic E-state index is -0.833. The molecule has 0 heterocycles. The third kappa shape index (κ3) is 5.44. The lowest BCUT2D eigenvalue weighted by molar-refractivity contribution is -0.141. The SMILES string of the molecule is CC(Oc1ccc(C#N)cc1)C(=O)Oc1ccc(NC(=O)c2ccccc2)cc1. The lowest BCUT2D eigenvalue weighted by atomic mass is 10.2. The Labute approximate surface area is 168 Å². The van der Waals surface area contributed by atoms with Gasteiger partial charge in [0.15, 0.2) is 6.10 Å². The summed E-state index contributed by atoms with van der Waals surface area (Å²) in [6, 6.07) is 23.8. The first-order valence-electron chi connectivity index (χ1n) is 8.90. The maximum absolute atomic E-state index is 12.2. The molecule has 6 heteroatoms. The summed E-state index contributed by atoms with van der Waals surface area (Å²) in [5.74, 6) is 0.0191. The smallest absolute Gasteiger partial charge is 0.352 e. The van der Waals surface area contributed by atoms with Gasteiger partial charge in [0.1, 0.15) is 11.5 Å². The van der Waals surface area contributed by atoms with E-state index in [0.29, 0.717) is 28.3 Å². The van der Waals surface area contributed by atoms with Gasteiger partial charge >= 0.3 is 5.97 Å². The number of carbonyl (C=O) groups is 2. The highest BCUT2D eigenvalue weighted by Gasteiger charge is 2.17. The number of nitrogens with zero attached hydrogens (tertiary/aromatic N) is 1. The summed E-state index contributed by atoms with van der Waals surface area (Å²) in [4.78, 5) is 24.4. The summed E-state index contributed by atoms with van der Waals surface area (Å²) in [7, 11) is 0. The molecule has 3 aromatic carbocycles. The Morgan fingerprint density at radius 1 is 0.897 bits per heavy atom. The fraction of sp³-hybridized carbons (Fsp3) is 0.0870. The fourth-order valence-electron chi connectivity index (χ4n) is 2.46. The van der Waals surface area contributed by atoms with E-state index >= 15 is 0 Å². The molecule has 0 aromatic heterocycles. The highest BCUT2D eigenvalue weighted by Crippen LogP contribution is 2.18. The second-order valence-electron chi connectivity index (χ2n) is 6.16. The van der Waals surface area contributed by atoms with Gasteiger partial charge in [-0.2, -0.15) is 5.26 Å². The van der Waals surface area contributed by atoms with E-state index in [1.54, 1.807) is 79.7 Å². The topological polar surface area (TPSA) is 88.4 Å². The lowest BCUT2D eigenvalue weighted by Gasteiger charge is -2.14. The van der Waals surface area contributed by atoms with E-state index in [1.165, 1.54) is 0 Å². The third-order valence-corrected chi connectivity index (χ3v) is 3.99. The molecule has 1 atom stereocenters. The summed E-state index contributed by atoms with van der Waals surface area (Å²) >= 11 is 0. The maximum atomic E-state index is 12.2. The number of carbonyl (C=O) groups excluding carboxylic acids is 2. The van der Waals surface area contributed by atoms with Gasteiger partial charge in [-0.1, -0.05) is 18.2 Å². The van der Waals surface area contributed by atoms with Gasteiger partial charge in [-0.3, -0.25) is 4.79 Å². The van der Waals surface area contributed by atoms with Crippen LogP contribution in [0.15, 0.2) is 78.9 Å². The average molecular weight is 386 g/mol. The van der Waals surface area contributed by atoms with Crippen LogP contribution in [0.3, 0.4) is 0 Å². The van der Waals surface area contributed by atoms with Crippen molar-refractivity contribution in [2.45, 2.75) is 13.0 Å². The molecule has 0 aliphatic heterocycles. The van der Waals surface area contributed by atoms with Crippen LogP contribution in [0.4, 0.5) is 5.69 Å². The van der Waals surface area contributed by atoms with E-state index in [4.69, 9.17) is 14.7 Å². The number of nitrogens with one attached hydrogen (secondary N) is 1. The van der Waals surface area contributed by atoms with Crippen molar-refractivity contribution in [3.63, 3.8) is 0 Å². The molecular weight excluding hydrogens is 368 g/mol. The molecule has 0 aliphatic carbocycles. The highest BCUT2D eigenvalue weighted by atomic mass is 16.6. The molecule has 0 bridgehead atoms. The van der Waals surface area contributed by atoms with Crippen molar-refractivity contribution < 1.29 is 19.1 Å². The van der Waals surface area contributed by atoms with Gasteiger partial charge in [0.05, 0.1) is 11.6 Å². The van der Waals surface area contributed by atoms with Crippen molar-refractivity contribution >= 4 is 17.6 Å². The Morgan fingerprint density at radius 3 is 2.14 bits per heavy atom. The number of hydrogen-bond donors (Lipinski definition) is 1. The number of hydrogen-bond acceptors (Lipinski definition) is 5. The first-order chi connectivity index (χ1) is 14.0. The Morgan fingerprint density at radius 2 is 1.52 bits per heavy atom. The van der Waals surface area contributed by atoms with Gasteiger partial charge in [-0.25, -0.2) is 4.79 Å². The van der Waals surface area contributed by atoms with Gasteiger partial charge in [0.25, 0.3) is 5.91 Å². The summed E-state index contributed by atoms with van der Waals surface area (Å²) in [5, 5.41) is 11.6. The van der Waals surface area contributed by atoms with E-state index in [9.17, 15) is 9.59 Å². The quantitative estimate of drug-likeness (QED) is 0.507. The normalized spacial score (nSPS) is 11.0. The zero-order valence-corrected chi connectivity index (χ0v) is 15.7. The number of esters is 1. The van der Waals surface area contributed by atoms with Crippen LogP contribution in [0.2, 0.25) is 0 Å². The molecule has 0 saturated heterocycles. The van der Waals surface area contributed by atoms with E-state index in [1.807, 2.05) is 12.1 Å². The summed E-state index contributed by atoms with van der Waals surface area (Å²) in [6.07, 6.45) is -0.833. The van der Waals surface area contributed by atoms with E-state index < -0.39 is 12.1 Å². The number of benzene rings is 3. The Bertz CT molecular complexity index is 1020. The number of nitriles is 1. The molecule has 0 radical (unpaired) electrons. The van der Waals surface area contributed by atoms with Crippen LogP contribution in [0.1, 0.15) is 22.8 Å². The predicted molar refractivity (Wildman–Crippen MR) is 108 cm³/mol. The molecule has 0 aliphatic rings. The first kappa shape index (κ1) is 19.6. The van der Waals surface area contributed by atoms with Crippen molar-refractivity contribution in [2.24, 2.45) is 0 Å². The number of rotatable bonds is 6. The second kappa shape index (κ2) is 9.20. The molecule has 0 saturated carbocycles. The monoisotopic (exact) mass is 386 g/mol. The van der Waals surface area contributed by atoms with Crippen molar-refractivity contribution in [1.82, 2.24) is 0 Å². The molecule has 1 unspecified atom stereocenters. The molecular formula is C23H18N2O4. The third-order valence-electron chi connectivity index (χ3n) is 3.99. The van der Waals surface area contributed by atoms with E-state index in [2.05, 4.69) is 5.32 Å². The zero-order valence-electron chi connectivity index (χ0n) is 15.7. The van der Waals surface area contributed by atoms with Crippen molar-refractivity contribution in [2.75, 3.05) is 5.32 Å². The minimum absolute atomic E-state index is 0.222. The molecule has 0 fully saturated rings. The Kier molecular flexibility index (Phi) is 6.23. The maximum Gasteiger partial charge on any atom is 0.352 e. The van der Waals surface area contributed by atoms with Gasteiger partial charge in [-0.15, -0.1) is 0 Å². The van der Waals surface area contributed by atoms with Crippen molar-refractivity contribution in [3.05, 3.63) is 90.0 Å². The molecule has 1 N–H and O–H groups in total. The Hall–Kier alpha value is -4.11. The molecule has 0 spiro atoms. The van der Waals surface area contributed by atoms with Crippen molar-refractivity contribution in [3.8, 4) is 17.6 Å². The summed E-state index contributed by atoms with van der Waals surface area (Å²) < 4.78 is 10.8. The molecule has 3 rings (SSSR count). The summed E-state index contributed by atoms with van der Waals surface area (Å²) in [6.45, 7) is 1.58. The first-order valence-corrected chi connectivity index (χ1v) is 8.90. The van der Waals surface area contributed by atoms with Gasteiger partial charge in [0, 0.05) is 11.3 Å². The van der Waals surface area contributed by atoms with Gasteiger partial charge < -0.3 is 14.8 Å². The lowest BCUT2D eigenvalue weighted by Crippen LogP contribution is -2.28. The van der Waals surface area contributed by atoms with Crippen LogP contribution >= 0.6 is 0 Å². The zero-order chi connectivity index (χ0) is 20.6. The largest absolute Gasteiger partial charge is 0.479 e. The van der Waals surface area contributed by atoms with Crippen LogP contribution in [-0.4, -0.2) is 18.0 Å². The van der Waals surface area contributed by atoms with Crippen LogP contribution in [0, 0.1) is 11.3 Å². The van der Waals surface area contributed by atoms with Gasteiger partial charge in [-0.05, 0) is 67.6 Å². The minimum Gasteiger partial charge on any atom is -0.479 e. The van der Waals surface area contributed by atoms with E-state index in [0.717, 1.165) is 0 Å². The van der Waals surface area contributed by atoms with Crippen LogP contribution in [0.25, 0.3) is 0 Å². The van der Waals surface area contributed by atoms with Gasteiger partial charge in [0.2, 0.25) is 0 Å². The standard InChI is InChI=1S/C23H18N2O4/c1-16(28-20-11-7-17(15-24)8-12-20)23(27)29-21-13-9-19(10-14-21)25-22(26)18-5-3-2-4-6-18/h2-14,16H,1H3,(H,25,26). The van der Waals surface area contributed by atoms with E-state index in [-0.39, 0.29) is 5.91 Å². The fourth-order valence-corrected chi connectivity index (χ4v) is 2.46. The molecule has 3 aromatic rings. The average Bonchev–Trinajstić information content (AvgIpc) is 2.76. The van der Waals surface area contributed by atoms with Crippen LogP contribution in [-0.2, 0) is 4.79 Å². The predicted octanol–water partition coefficient (Wildman–Crippen LogP) is 4.18. The van der Waals surface area contributed by atoms with Crippen molar-refractivity contribution in [1.29, 1.82) is 5.26 Å². The number of ether oxygens (including phenoxy) is 2. The highest BCUT2D eigenvalue weighted by molar-refractivity contribution is 6.04. The number of amides is 1. The number of anilines is 1. The molecule has 1 amide bonds. The second-order valence-corrected chi connectivity index (χ2v) is 6.16. The molecule has 144 valence electrons. The molecule has 29 heavy (non-hydrogen) atoms. The molecule has 6 nitrogen and oxygen atoms in total. The van der Waals surface area contributed by atoms with Crippen LogP contribution < -0.4 is 14.8 Å². The summed E-state index contributed by atoms with van der Waals surface area (Å²) in [5.41, 5.74) is 1.64.